The Balaban J connectivity index is 2.60. The van der Waals surface area contributed by atoms with Gasteiger partial charge < -0.3 is 11.1 Å². The first-order valence-corrected chi connectivity index (χ1v) is 4.60. The molecule has 0 saturated carbocycles. The fourth-order valence-corrected chi connectivity index (χ4v) is 1.53. The first-order chi connectivity index (χ1) is 6.81. The lowest BCUT2D eigenvalue weighted by Gasteiger charge is -2.05. The smallest absolute Gasteiger partial charge is 0.0726 e. The molecule has 3 nitrogen and oxygen atoms in total. The average Bonchev–Trinajstić information content (AvgIpc) is 2.18. The summed E-state index contributed by atoms with van der Waals surface area (Å²) in [7, 11) is 1.90. The van der Waals surface area contributed by atoms with Crippen LogP contribution in [-0.2, 0) is 6.54 Å². The maximum absolute atomic E-state index is 5.92. The van der Waals surface area contributed by atoms with E-state index in [1.54, 1.807) is 0 Å². The normalized spacial score (nSPS) is 10.6. The van der Waals surface area contributed by atoms with Crippen LogP contribution in [0.2, 0.25) is 0 Å². The first kappa shape index (κ1) is 8.97. The van der Waals surface area contributed by atoms with Crippen LogP contribution in [0.3, 0.4) is 0 Å². The topological polar surface area (TPSA) is 50.9 Å². The van der Waals surface area contributed by atoms with E-state index in [4.69, 9.17) is 5.73 Å². The number of nitrogens with two attached hydrogens (primary N) is 1. The predicted molar refractivity (Wildman–Crippen MR) is 58.9 cm³/mol. The molecule has 1 heterocycles. The molecular formula is C11H13N3. The minimum Gasteiger partial charge on any atom is -0.398 e. The largest absolute Gasteiger partial charge is 0.398 e. The summed E-state index contributed by atoms with van der Waals surface area (Å²) in [5.41, 5.74) is 8.64. The third-order valence-electron chi connectivity index (χ3n) is 2.16. The summed E-state index contributed by atoms with van der Waals surface area (Å²) in [5, 5.41) is 4.08. The van der Waals surface area contributed by atoms with Gasteiger partial charge in [-0.05, 0) is 19.2 Å². The van der Waals surface area contributed by atoms with Crippen molar-refractivity contribution < 1.29 is 0 Å². The minimum atomic E-state index is 0.745. The molecule has 1 aromatic carbocycles. The van der Waals surface area contributed by atoms with Crippen LogP contribution in [0.1, 0.15) is 5.69 Å². The van der Waals surface area contributed by atoms with Gasteiger partial charge in [-0.15, -0.1) is 0 Å². The quantitative estimate of drug-likeness (QED) is 0.749. The Labute approximate surface area is 83.0 Å². The maximum Gasteiger partial charge on any atom is 0.0726 e. The first-order valence-electron chi connectivity index (χ1n) is 4.60. The Morgan fingerprint density at radius 1 is 1.36 bits per heavy atom. The van der Waals surface area contributed by atoms with E-state index in [0.717, 1.165) is 28.8 Å². The van der Waals surface area contributed by atoms with Gasteiger partial charge in [0.1, 0.15) is 0 Å². The second-order valence-corrected chi connectivity index (χ2v) is 3.25. The summed E-state index contributed by atoms with van der Waals surface area (Å²) in [5.74, 6) is 0. The molecule has 0 saturated heterocycles. The second kappa shape index (κ2) is 3.64. The average molecular weight is 187 g/mol. The lowest BCUT2D eigenvalue weighted by Crippen LogP contribution is -2.07. The lowest BCUT2D eigenvalue weighted by atomic mass is 10.1. The van der Waals surface area contributed by atoms with Crippen molar-refractivity contribution in [2.24, 2.45) is 0 Å². The Bertz CT molecular complexity index is 451. The summed E-state index contributed by atoms with van der Waals surface area (Å²) in [6.07, 6.45) is 0. The van der Waals surface area contributed by atoms with E-state index in [0.29, 0.717) is 0 Å². The lowest BCUT2D eigenvalue weighted by molar-refractivity contribution is 0.796. The van der Waals surface area contributed by atoms with E-state index in [9.17, 15) is 0 Å². The van der Waals surface area contributed by atoms with Crippen LogP contribution in [0.15, 0.2) is 30.3 Å². The maximum atomic E-state index is 5.92. The predicted octanol–water partition coefficient (Wildman–Crippen LogP) is 1.54. The van der Waals surface area contributed by atoms with Crippen LogP contribution < -0.4 is 11.1 Å². The summed E-state index contributed by atoms with van der Waals surface area (Å²) in [4.78, 5) is 4.48. The van der Waals surface area contributed by atoms with Gasteiger partial charge >= 0.3 is 0 Å². The number of anilines is 1. The van der Waals surface area contributed by atoms with Gasteiger partial charge in [0.25, 0.3) is 0 Å². The van der Waals surface area contributed by atoms with Gasteiger partial charge in [-0.25, -0.2) is 0 Å². The molecule has 0 bridgehead atoms. The molecule has 0 amide bonds. The van der Waals surface area contributed by atoms with Crippen molar-refractivity contribution in [1.82, 2.24) is 10.3 Å². The van der Waals surface area contributed by atoms with Gasteiger partial charge in [-0.1, -0.05) is 18.2 Å². The van der Waals surface area contributed by atoms with E-state index in [2.05, 4.69) is 10.3 Å². The molecule has 2 aromatic rings. The van der Waals surface area contributed by atoms with Crippen molar-refractivity contribution in [3.05, 3.63) is 36.0 Å². The summed E-state index contributed by atoms with van der Waals surface area (Å²) < 4.78 is 0. The van der Waals surface area contributed by atoms with Gasteiger partial charge in [-0.2, -0.15) is 0 Å². The zero-order valence-corrected chi connectivity index (χ0v) is 8.12. The Kier molecular flexibility index (Phi) is 2.33. The van der Waals surface area contributed by atoms with Crippen molar-refractivity contribution in [1.29, 1.82) is 0 Å². The molecule has 2 rings (SSSR count). The van der Waals surface area contributed by atoms with Gasteiger partial charge in [-0.3, -0.25) is 4.98 Å². The molecule has 14 heavy (non-hydrogen) atoms. The van der Waals surface area contributed by atoms with E-state index < -0.39 is 0 Å². The van der Waals surface area contributed by atoms with Gasteiger partial charge in [0, 0.05) is 17.6 Å². The number of nitrogen functional groups attached to an aromatic ring is 1. The highest BCUT2D eigenvalue weighted by Gasteiger charge is 2.01. The highest BCUT2D eigenvalue weighted by Crippen LogP contribution is 2.19. The Hall–Kier alpha value is -1.61. The van der Waals surface area contributed by atoms with Crippen molar-refractivity contribution in [3.8, 4) is 0 Å². The SMILES string of the molecule is CNCc1cc(N)c2ccccc2n1. The van der Waals surface area contributed by atoms with Gasteiger partial charge in [0.05, 0.1) is 11.2 Å². The van der Waals surface area contributed by atoms with Crippen LogP contribution in [0.5, 0.6) is 0 Å². The summed E-state index contributed by atoms with van der Waals surface area (Å²) >= 11 is 0. The number of rotatable bonds is 2. The third kappa shape index (κ3) is 1.54. The van der Waals surface area contributed by atoms with Crippen molar-refractivity contribution in [2.75, 3.05) is 12.8 Å². The third-order valence-corrected chi connectivity index (χ3v) is 2.16. The molecular weight excluding hydrogens is 174 g/mol. The van der Waals surface area contributed by atoms with Crippen LogP contribution in [0.25, 0.3) is 10.9 Å². The van der Waals surface area contributed by atoms with Crippen LogP contribution in [0.4, 0.5) is 5.69 Å². The number of hydrogen-bond acceptors (Lipinski definition) is 3. The minimum absolute atomic E-state index is 0.745. The molecule has 72 valence electrons. The summed E-state index contributed by atoms with van der Waals surface area (Å²) in [6, 6.07) is 9.82. The van der Waals surface area contributed by atoms with Crippen molar-refractivity contribution in [3.63, 3.8) is 0 Å². The number of benzene rings is 1. The van der Waals surface area contributed by atoms with Gasteiger partial charge in [0.2, 0.25) is 0 Å². The monoisotopic (exact) mass is 187 g/mol. The number of pyridine rings is 1. The highest BCUT2D eigenvalue weighted by atomic mass is 14.9. The van der Waals surface area contributed by atoms with Crippen molar-refractivity contribution >= 4 is 16.6 Å². The van der Waals surface area contributed by atoms with E-state index >= 15 is 0 Å². The number of nitrogens with zero attached hydrogens (tertiary/aromatic N) is 1. The molecule has 0 aliphatic rings. The molecule has 3 heteroatoms. The van der Waals surface area contributed by atoms with Crippen molar-refractivity contribution in [2.45, 2.75) is 6.54 Å². The Morgan fingerprint density at radius 2 is 2.14 bits per heavy atom. The molecule has 0 unspecified atom stereocenters. The number of nitrogens with one attached hydrogen (secondary N) is 1. The molecule has 0 radical (unpaired) electrons. The van der Waals surface area contributed by atoms with E-state index in [1.807, 2.05) is 37.4 Å². The second-order valence-electron chi connectivity index (χ2n) is 3.25. The molecule has 0 aliphatic heterocycles. The fraction of sp³-hybridized carbons (Fsp3) is 0.182. The number of hydrogen-bond donors (Lipinski definition) is 2. The number of fused-ring (bicyclic) bond motifs is 1. The number of para-hydroxylation sites is 1. The van der Waals surface area contributed by atoms with Crippen LogP contribution >= 0.6 is 0 Å². The zero-order valence-electron chi connectivity index (χ0n) is 8.12. The highest BCUT2D eigenvalue weighted by molar-refractivity contribution is 5.90. The van der Waals surface area contributed by atoms with E-state index in [1.165, 1.54) is 0 Å². The molecule has 0 fully saturated rings. The number of aromatic nitrogens is 1. The standard InChI is InChI=1S/C11H13N3/c1-13-7-8-6-10(12)9-4-2-3-5-11(9)14-8/h2-6,13H,7H2,1H3,(H2,12,14). The van der Waals surface area contributed by atoms with Crippen LogP contribution in [0, 0.1) is 0 Å². The zero-order chi connectivity index (χ0) is 9.97. The fourth-order valence-electron chi connectivity index (χ4n) is 1.53. The van der Waals surface area contributed by atoms with Gasteiger partial charge in [0.15, 0.2) is 0 Å². The van der Waals surface area contributed by atoms with E-state index in [-0.39, 0.29) is 0 Å². The van der Waals surface area contributed by atoms with Crippen LogP contribution in [-0.4, -0.2) is 12.0 Å². The molecule has 0 spiro atoms. The Morgan fingerprint density at radius 3 is 2.93 bits per heavy atom. The summed E-state index contributed by atoms with van der Waals surface area (Å²) in [6.45, 7) is 0.745. The molecule has 0 atom stereocenters. The molecule has 1 aromatic heterocycles. The molecule has 0 aliphatic carbocycles. The molecule has 3 N–H and O–H groups in total.